The van der Waals surface area contributed by atoms with Gasteiger partial charge in [-0.1, -0.05) is 12.1 Å². The van der Waals surface area contributed by atoms with Gasteiger partial charge < -0.3 is 55.4 Å². The van der Waals surface area contributed by atoms with Crippen molar-refractivity contribution in [2.24, 2.45) is 0 Å². The van der Waals surface area contributed by atoms with Gasteiger partial charge >= 0.3 is 17.9 Å². The van der Waals surface area contributed by atoms with Gasteiger partial charge in [-0.3, -0.25) is 48.4 Å². The third-order valence-electron chi connectivity index (χ3n) is 9.64. The lowest BCUT2D eigenvalue weighted by atomic mass is 10.1. The van der Waals surface area contributed by atoms with Gasteiger partial charge in [-0.05, 0) is 49.8 Å². The predicted octanol–water partition coefficient (Wildman–Crippen LogP) is -1.28. The molecule has 1 aromatic carbocycles. The van der Waals surface area contributed by atoms with Crippen LogP contribution in [0.15, 0.2) is 24.3 Å². The van der Waals surface area contributed by atoms with Crippen molar-refractivity contribution in [2.75, 3.05) is 131 Å². The van der Waals surface area contributed by atoms with E-state index >= 15 is 0 Å². The molecule has 21 heteroatoms. The Kier molecular flexibility index (Phi) is 28.3. The molecule has 0 radical (unpaired) electrons. The quantitative estimate of drug-likeness (QED) is 0.0350. The molecule has 1 heterocycles. The maximum Gasteiger partial charge on any atom is 0.317 e. The summed E-state index contributed by atoms with van der Waals surface area (Å²) in [4.78, 5) is 90.0. The van der Waals surface area contributed by atoms with Gasteiger partial charge in [-0.25, -0.2) is 0 Å². The molecule has 1 fully saturated rings. The number of amides is 3. The van der Waals surface area contributed by atoms with Crippen molar-refractivity contribution in [1.82, 2.24) is 35.6 Å². The molecule has 0 aliphatic carbocycles. The summed E-state index contributed by atoms with van der Waals surface area (Å²) in [5, 5.41) is 45.8. The average molecular weight is 882 g/mol. The van der Waals surface area contributed by atoms with Crippen LogP contribution in [0.5, 0.6) is 5.75 Å². The number of hydrogen-bond donors (Lipinski definition) is 7. The van der Waals surface area contributed by atoms with Crippen LogP contribution in [0.4, 0.5) is 0 Å². The molecule has 62 heavy (non-hydrogen) atoms. The fraction of sp³-hybridized carbons (Fsp3) is 0.683. The number of rotatable bonds is 30. The number of carbonyl (C=O) groups excluding carboxylic acids is 4. The van der Waals surface area contributed by atoms with Gasteiger partial charge in [-0.2, -0.15) is 0 Å². The van der Waals surface area contributed by atoms with Crippen LogP contribution >= 0.6 is 0 Å². The Hall–Kier alpha value is -4.77. The highest BCUT2D eigenvalue weighted by molar-refractivity contribution is 5.85. The molecule has 3 amide bonds. The molecule has 1 atom stereocenters. The molecule has 0 unspecified atom stereocenters. The minimum Gasteiger partial charge on any atom is -0.508 e. The van der Waals surface area contributed by atoms with Gasteiger partial charge in [0, 0.05) is 91.5 Å². The fourth-order valence-corrected chi connectivity index (χ4v) is 6.39. The highest BCUT2D eigenvalue weighted by Crippen LogP contribution is 2.11. The fourth-order valence-electron chi connectivity index (χ4n) is 6.39. The highest BCUT2D eigenvalue weighted by atomic mass is 16.5. The number of phenols is 1. The molecular weight excluding hydrogens is 814 g/mol. The van der Waals surface area contributed by atoms with Crippen LogP contribution in [-0.2, 0) is 54.2 Å². The number of aromatic hydroxyl groups is 1. The molecule has 0 aromatic heterocycles. The molecule has 1 aliphatic rings. The summed E-state index contributed by atoms with van der Waals surface area (Å²) in [6.45, 7) is 5.68. The number of carboxylic acid groups (broad SMARTS) is 3. The Morgan fingerprint density at radius 3 is 1.52 bits per heavy atom. The molecule has 0 saturated carbocycles. The molecule has 0 spiro atoms. The van der Waals surface area contributed by atoms with Gasteiger partial charge in [0.05, 0.1) is 58.6 Å². The third-order valence-corrected chi connectivity index (χ3v) is 9.64. The van der Waals surface area contributed by atoms with Crippen LogP contribution in [0, 0.1) is 0 Å². The van der Waals surface area contributed by atoms with E-state index < -0.39 is 29.9 Å². The average Bonchev–Trinajstić information content (AvgIpc) is 3.23. The van der Waals surface area contributed by atoms with Crippen LogP contribution in [0.3, 0.4) is 0 Å². The van der Waals surface area contributed by atoms with Crippen LogP contribution in [0.1, 0.15) is 44.1 Å². The first-order valence-electron chi connectivity index (χ1n) is 21.2. The Bertz CT molecular complexity index is 1490. The van der Waals surface area contributed by atoms with E-state index in [1.807, 2.05) is 4.90 Å². The van der Waals surface area contributed by atoms with Crippen LogP contribution in [0.2, 0.25) is 0 Å². The van der Waals surface area contributed by atoms with E-state index in [0.717, 1.165) is 5.56 Å². The van der Waals surface area contributed by atoms with Crippen molar-refractivity contribution in [2.45, 2.75) is 51.0 Å². The van der Waals surface area contributed by atoms with E-state index in [9.17, 15) is 54.0 Å². The van der Waals surface area contributed by atoms with E-state index in [2.05, 4.69) is 16.0 Å². The molecule has 1 saturated heterocycles. The Morgan fingerprint density at radius 2 is 1.00 bits per heavy atom. The first kappa shape index (κ1) is 53.4. The zero-order valence-electron chi connectivity index (χ0n) is 35.7. The number of benzene rings is 1. The van der Waals surface area contributed by atoms with Crippen LogP contribution in [-0.4, -0.2) is 219 Å². The van der Waals surface area contributed by atoms with Crippen molar-refractivity contribution in [3.8, 4) is 5.75 Å². The Morgan fingerprint density at radius 1 is 0.565 bits per heavy atom. The zero-order valence-corrected chi connectivity index (χ0v) is 35.7. The number of carbonyl (C=O) groups is 7. The Balaban J connectivity index is 1.52. The smallest absolute Gasteiger partial charge is 0.317 e. The maximum atomic E-state index is 12.9. The number of ether oxygens (including phenoxy) is 3. The topological polar surface area (TPSA) is 277 Å². The van der Waals surface area contributed by atoms with Crippen LogP contribution < -0.4 is 16.0 Å². The monoisotopic (exact) mass is 881 g/mol. The third kappa shape index (κ3) is 28.0. The summed E-state index contributed by atoms with van der Waals surface area (Å²) < 4.78 is 16.6. The van der Waals surface area contributed by atoms with E-state index in [1.165, 1.54) is 12.1 Å². The van der Waals surface area contributed by atoms with Crippen molar-refractivity contribution in [1.29, 1.82) is 0 Å². The number of nitrogens with zero attached hydrogens (tertiary/aromatic N) is 4. The molecular formula is C41H67N7O14. The van der Waals surface area contributed by atoms with Gasteiger partial charge in [0.1, 0.15) is 12.0 Å². The number of aliphatic carboxylic acids is 3. The first-order valence-corrected chi connectivity index (χ1v) is 21.2. The molecule has 350 valence electrons. The van der Waals surface area contributed by atoms with Gasteiger partial charge in [0.25, 0.3) is 0 Å². The molecule has 0 bridgehead atoms. The lowest BCUT2D eigenvalue weighted by Crippen LogP contribution is -2.46. The molecule has 7 N–H and O–H groups in total. The summed E-state index contributed by atoms with van der Waals surface area (Å²) in [5.41, 5.74) is 0.780. The van der Waals surface area contributed by atoms with Gasteiger partial charge in [0.2, 0.25) is 17.7 Å². The van der Waals surface area contributed by atoms with Crippen molar-refractivity contribution in [3.63, 3.8) is 0 Å². The van der Waals surface area contributed by atoms with Crippen molar-refractivity contribution >= 4 is 41.9 Å². The Labute approximate surface area is 363 Å². The standard InChI is InChI=1S/C41H67N7O14/c49-32-34(27-33-5-7-35(50)8-6-33)44-37(52)10-9-36(51)42-12-3-22-61-24-26-62-25-23-60-21-2-1-11-43-38(53)28-47-17-15-45(29-39(54)55)13-4-14-46(30-40(56)57)16-19-48(20-18-47)31-41(58)59/h5-8,32,34,50H,1-4,9-31H2,(H,42,51)(H,43,53)(H,44,52)(H,54,55)(H,56,57)(H,58,59)/t34-/m0/s1. The number of unbranched alkanes of at least 4 members (excludes halogenated alkanes) is 1. The first-order chi connectivity index (χ1) is 29.8. The summed E-state index contributed by atoms with van der Waals surface area (Å²) >= 11 is 0. The second kappa shape index (κ2) is 32.9. The summed E-state index contributed by atoms with van der Waals surface area (Å²) in [6.07, 6.45) is 3.37. The lowest BCUT2D eigenvalue weighted by molar-refractivity contribution is -0.140. The predicted molar refractivity (Wildman–Crippen MR) is 225 cm³/mol. The van der Waals surface area contributed by atoms with E-state index in [1.54, 1.807) is 26.8 Å². The summed E-state index contributed by atoms with van der Waals surface area (Å²) in [7, 11) is 0. The van der Waals surface area contributed by atoms with Gasteiger partial charge in [-0.15, -0.1) is 0 Å². The summed E-state index contributed by atoms with van der Waals surface area (Å²) in [6, 6.07) is 5.61. The number of hydrogen-bond acceptors (Lipinski definition) is 15. The second-order valence-electron chi connectivity index (χ2n) is 14.9. The summed E-state index contributed by atoms with van der Waals surface area (Å²) in [5.74, 6) is -3.77. The molecule has 2 rings (SSSR count). The largest absolute Gasteiger partial charge is 0.508 e. The van der Waals surface area contributed by atoms with Crippen molar-refractivity contribution < 1.29 is 68.2 Å². The number of carboxylic acids is 3. The van der Waals surface area contributed by atoms with E-state index in [0.29, 0.717) is 137 Å². The van der Waals surface area contributed by atoms with E-state index in [-0.39, 0.29) is 63.0 Å². The highest BCUT2D eigenvalue weighted by Gasteiger charge is 2.20. The zero-order chi connectivity index (χ0) is 45.4. The number of phenolic OH excluding ortho intramolecular Hbond substituents is 1. The minimum absolute atomic E-state index is 0.0111. The minimum atomic E-state index is -1.01. The normalized spacial score (nSPS) is 15.6. The number of aldehydes is 1. The lowest BCUT2D eigenvalue weighted by Gasteiger charge is -2.28. The second-order valence-corrected chi connectivity index (χ2v) is 14.9. The molecule has 21 nitrogen and oxygen atoms in total. The van der Waals surface area contributed by atoms with E-state index in [4.69, 9.17) is 14.2 Å². The number of nitrogens with one attached hydrogen (secondary N) is 3. The SMILES string of the molecule is O=C[C@H](Cc1ccc(O)cc1)NC(=O)CCC(=O)NCCCOCCOCCOCCCCNC(=O)CN1CCN(CC(=O)O)CCCN(CC(=O)O)CCN(CC(=O)O)CC1. The van der Waals surface area contributed by atoms with Crippen molar-refractivity contribution in [3.05, 3.63) is 29.8 Å². The van der Waals surface area contributed by atoms with Crippen LogP contribution in [0.25, 0.3) is 0 Å². The molecule has 1 aliphatic heterocycles. The molecule has 1 aromatic rings. The maximum absolute atomic E-state index is 12.9. The van der Waals surface area contributed by atoms with Gasteiger partial charge in [0.15, 0.2) is 0 Å².